The summed E-state index contributed by atoms with van der Waals surface area (Å²) in [6.45, 7) is 0.978. The van der Waals surface area contributed by atoms with Gasteiger partial charge in [0.25, 0.3) is 0 Å². The van der Waals surface area contributed by atoms with E-state index in [-0.39, 0.29) is 5.91 Å². The van der Waals surface area contributed by atoms with E-state index in [4.69, 9.17) is 5.73 Å². The molecule has 0 heterocycles. The summed E-state index contributed by atoms with van der Waals surface area (Å²) in [5, 5.41) is 2.84. The van der Waals surface area contributed by atoms with Gasteiger partial charge >= 0.3 is 0 Å². The van der Waals surface area contributed by atoms with Crippen LogP contribution in [0, 0.1) is 0 Å². The molecule has 0 radical (unpaired) electrons. The maximum absolute atomic E-state index is 11.2. The smallest absolute Gasteiger partial charge is 0.221 e. The molecule has 0 atom stereocenters. The quantitative estimate of drug-likeness (QED) is 0.743. The summed E-state index contributed by atoms with van der Waals surface area (Å²) >= 11 is 1.68. The maximum atomic E-state index is 11.2. The number of thioether (sulfide) groups is 1. The van der Waals surface area contributed by atoms with E-state index in [9.17, 15) is 4.79 Å². The van der Waals surface area contributed by atoms with Crippen molar-refractivity contribution >= 4 is 17.7 Å². The van der Waals surface area contributed by atoms with Crippen LogP contribution in [0.5, 0.6) is 0 Å². The normalized spacial score (nSPS) is 10.0. The molecule has 0 unspecified atom stereocenters. The second kappa shape index (κ2) is 6.48. The lowest BCUT2D eigenvalue weighted by molar-refractivity contribution is -0.121. The zero-order valence-electron chi connectivity index (χ0n) is 8.82. The van der Waals surface area contributed by atoms with Crippen LogP contribution in [0.25, 0.3) is 0 Å². The van der Waals surface area contributed by atoms with Gasteiger partial charge in [0.05, 0.1) is 0 Å². The standard InChI is InChI=1S/C11H16N2OS/c1-15-10-5-3-2-4-9(10)8-13-11(14)6-7-12/h2-5H,6-8,12H2,1H3,(H,13,14). The van der Waals surface area contributed by atoms with E-state index >= 15 is 0 Å². The Balaban J connectivity index is 2.53. The van der Waals surface area contributed by atoms with Gasteiger partial charge in [0.15, 0.2) is 0 Å². The largest absolute Gasteiger partial charge is 0.352 e. The molecule has 0 aliphatic rings. The van der Waals surface area contributed by atoms with Gasteiger partial charge in [-0.05, 0) is 17.9 Å². The second-order valence-corrected chi connectivity index (χ2v) is 3.98. The molecule has 0 fully saturated rings. The van der Waals surface area contributed by atoms with Crippen molar-refractivity contribution in [1.29, 1.82) is 0 Å². The minimum atomic E-state index is 0.00778. The summed E-state index contributed by atoms with van der Waals surface area (Å²) in [5.74, 6) is 0.00778. The van der Waals surface area contributed by atoms with E-state index in [1.54, 1.807) is 11.8 Å². The highest BCUT2D eigenvalue weighted by Crippen LogP contribution is 2.19. The summed E-state index contributed by atoms with van der Waals surface area (Å²) in [4.78, 5) is 12.4. The average Bonchev–Trinajstić information content (AvgIpc) is 2.27. The van der Waals surface area contributed by atoms with Gasteiger partial charge in [-0.3, -0.25) is 4.79 Å². The van der Waals surface area contributed by atoms with Crippen LogP contribution >= 0.6 is 11.8 Å². The van der Waals surface area contributed by atoms with Crippen molar-refractivity contribution in [2.24, 2.45) is 5.73 Å². The Morgan fingerprint density at radius 2 is 2.20 bits per heavy atom. The summed E-state index contributed by atoms with van der Waals surface area (Å²) in [5.41, 5.74) is 6.44. The summed E-state index contributed by atoms with van der Waals surface area (Å²) in [6.07, 6.45) is 2.42. The molecule has 0 saturated heterocycles. The fraction of sp³-hybridized carbons (Fsp3) is 0.364. The fourth-order valence-electron chi connectivity index (χ4n) is 1.26. The van der Waals surface area contributed by atoms with Crippen molar-refractivity contribution in [2.45, 2.75) is 17.9 Å². The van der Waals surface area contributed by atoms with E-state index in [1.807, 2.05) is 24.5 Å². The molecule has 1 aromatic carbocycles. The van der Waals surface area contributed by atoms with Crippen molar-refractivity contribution in [3.63, 3.8) is 0 Å². The molecule has 15 heavy (non-hydrogen) atoms. The molecule has 82 valence electrons. The van der Waals surface area contributed by atoms with E-state index in [2.05, 4.69) is 11.4 Å². The number of benzene rings is 1. The molecule has 4 heteroatoms. The molecular formula is C11H16N2OS. The van der Waals surface area contributed by atoms with E-state index in [1.165, 1.54) is 4.90 Å². The number of hydrogen-bond acceptors (Lipinski definition) is 3. The molecule has 0 spiro atoms. The van der Waals surface area contributed by atoms with E-state index in [0.717, 1.165) is 5.56 Å². The van der Waals surface area contributed by atoms with E-state index < -0.39 is 0 Å². The summed E-state index contributed by atoms with van der Waals surface area (Å²) < 4.78 is 0. The highest BCUT2D eigenvalue weighted by atomic mass is 32.2. The van der Waals surface area contributed by atoms with Crippen molar-refractivity contribution in [2.75, 3.05) is 12.8 Å². The third-order valence-electron chi connectivity index (χ3n) is 2.04. The first-order valence-corrected chi connectivity index (χ1v) is 6.09. The van der Waals surface area contributed by atoms with Crippen molar-refractivity contribution < 1.29 is 4.79 Å². The van der Waals surface area contributed by atoms with Gasteiger partial charge in [-0.1, -0.05) is 18.2 Å². The number of nitrogens with two attached hydrogens (primary N) is 1. The molecule has 1 aromatic rings. The fourth-order valence-corrected chi connectivity index (χ4v) is 1.88. The van der Waals surface area contributed by atoms with Crippen molar-refractivity contribution in [3.05, 3.63) is 29.8 Å². The van der Waals surface area contributed by atoms with Gasteiger partial charge in [0, 0.05) is 24.4 Å². The van der Waals surface area contributed by atoms with Crippen molar-refractivity contribution in [3.8, 4) is 0 Å². The molecule has 3 nitrogen and oxygen atoms in total. The first kappa shape index (κ1) is 12.1. The number of nitrogens with one attached hydrogen (secondary N) is 1. The Morgan fingerprint density at radius 1 is 1.47 bits per heavy atom. The van der Waals surface area contributed by atoms with Gasteiger partial charge in [-0.15, -0.1) is 11.8 Å². The molecular weight excluding hydrogens is 208 g/mol. The van der Waals surface area contributed by atoms with Crippen molar-refractivity contribution in [1.82, 2.24) is 5.32 Å². The van der Waals surface area contributed by atoms with Crippen LogP contribution in [0.15, 0.2) is 29.2 Å². The Morgan fingerprint density at radius 3 is 2.87 bits per heavy atom. The SMILES string of the molecule is CSc1ccccc1CNC(=O)CCN. The Labute approximate surface area is 94.4 Å². The Hall–Kier alpha value is -1.00. The highest BCUT2D eigenvalue weighted by molar-refractivity contribution is 7.98. The molecule has 1 rings (SSSR count). The molecule has 3 N–H and O–H groups in total. The number of carbonyl (C=O) groups is 1. The number of hydrogen-bond donors (Lipinski definition) is 2. The lowest BCUT2D eigenvalue weighted by Gasteiger charge is -2.08. The van der Waals surface area contributed by atoms with Gasteiger partial charge in [0.1, 0.15) is 0 Å². The summed E-state index contributed by atoms with van der Waals surface area (Å²) in [7, 11) is 0. The summed E-state index contributed by atoms with van der Waals surface area (Å²) in [6, 6.07) is 8.05. The van der Waals surface area contributed by atoms with Crippen LogP contribution in [0.2, 0.25) is 0 Å². The second-order valence-electron chi connectivity index (χ2n) is 3.13. The highest BCUT2D eigenvalue weighted by Gasteiger charge is 2.02. The first-order valence-electron chi connectivity index (χ1n) is 4.86. The van der Waals surface area contributed by atoms with Crippen LogP contribution < -0.4 is 11.1 Å². The minimum Gasteiger partial charge on any atom is -0.352 e. The lowest BCUT2D eigenvalue weighted by Crippen LogP contribution is -2.25. The zero-order valence-corrected chi connectivity index (χ0v) is 9.64. The molecule has 0 aliphatic carbocycles. The third kappa shape index (κ3) is 3.93. The van der Waals surface area contributed by atoms with Crippen LogP contribution in [0.1, 0.15) is 12.0 Å². The van der Waals surface area contributed by atoms with Crippen LogP contribution in [0.4, 0.5) is 0 Å². The average molecular weight is 224 g/mol. The maximum Gasteiger partial charge on any atom is 0.221 e. The molecule has 0 bridgehead atoms. The lowest BCUT2D eigenvalue weighted by atomic mass is 10.2. The zero-order chi connectivity index (χ0) is 11.1. The van der Waals surface area contributed by atoms with Crippen LogP contribution in [0.3, 0.4) is 0 Å². The van der Waals surface area contributed by atoms with Crippen LogP contribution in [-0.2, 0) is 11.3 Å². The Kier molecular flexibility index (Phi) is 5.21. The van der Waals surface area contributed by atoms with Crippen LogP contribution in [-0.4, -0.2) is 18.7 Å². The predicted octanol–water partition coefficient (Wildman–Crippen LogP) is 1.37. The third-order valence-corrected chi connectivity index (χ3v) is 2.88. The molecule has 0 aliphatic heterocycles. The molecule has 1 amide bonds. The number of rotatable bonds is 5. The monoisotopic (exact) mass is 224 g/mol. The van der Waals surface area contributed by atoms with Gasteiger partial charge in [-0.2, -0.15) is 0 Å². The van der Waals surface area contributed by atoms with E-state index in [0.29, 0.717) is 19.5 Å². The van der Waals surface area contributed by atoms with Gasteiger partial charge in [0.2, 0.25) is 5.91 Å². The Bertz CT molecular complexity index is 328. The molecule has 0 aromatic heterocycles. The molecule has 0 saturated carbocycles. The van der Waals surface area contributed by atoms with Gasteiger partial charge in [-0.25, -0.2) is 0 Å². The first-order chi connectivity index (χ1) is 7.27. The van der Waals surface area contributed by atoms with Gasteiger partial charge < -0.3 is 11.1 Å². The minimum absolute atomic E-state index is 0.00778. The number of carbonyl (C=O) groups excluding carboxylic acids is 1. The topological polar surface area (TPSA) is 55.1 Å². The number of amides is 1. The predicted molar refractivity (Wildman–Crippen MR) is 63.7 cm³/mol.